The maximum absolute atomic E-state index is 11.8. The number of nitrogens with zero attached hydrogens (tertiary/aromatic N) is 1. The summed E-state index contributed by atoms with van der Waals surface area (Å²) in [6.07, 6.45) is 2.34. The van der Waals surface area contributed by atoms with Crippen molar-refractivity contribution in [1.82, 2.24) is 4.90 Å². The van der Waals surface area contributed by atoms with Crippen LogP contribution < -0.4 is 0 Å². The zero-order chi connectivity index (χ0) is 10.8. The predicted molar refractivity (Wildman–Crippen MR) is 54.9 cm³/mol. The minimum absolute atomic E-state index is 0.130. The largest absolute Gasteiger partial charge is 0.335 e. The minimum atomic E-state index is -0.289. The van der Waals surface area contributed by atoms with Gasteiger partial charge in [0.2, 0.25) is 5.91 Å². The van der Waals surface area contributed by atoms with E-state index in [1.54, 1.807) is 4.90 Å². The Kier molecular flexibility index (Phi) is 3.29. The van der Waals surface area contributed by atoms with Crippen LogP contribution in [0.3, 0.4) is 0 Å². The fraction of sp³-hybridized carbons (Fsp3) is 0.818. The van der Waals surface area contributed by atoms with Crippen molar-refractivity contribution < 1.29 is 9.59 Å². The van der Waals surface area contributed by atoms with Crippen molar-refractivity contribution in [3.8, 4) is 0 Å². The molecule has 0 atom stereocenters. The molecule has 3 heteroatoms. The zero-order valence-corrected chi connectivity index (χ0v) is 9.30. The van der Waals surface area contributed by atoms with E-state index in [-0.39, 0.29) is 17.1 Å². The molecule has 1 amide bonds. The predicted octanol–water partition coefficient (Wildman–Crippen LogP) is 1.61. The minimum Gasteiger partial charge on any atom is -0.335 e. The fourth-order valence-electron chi connectivity index (χ4n) is 1.46. The number of carbonyl (C=O) groups is 2. The fourth-order valence-corrected chi connectivity index (χ4v) is 1.46. The lowest BCUT2D eigenvalue weighted by Gasteiger charge is -2.24. The summed E-state index contributed by atoms with van der Waals surface area (Å²) in [6, 6.07) is 0. The molecule has 1 aliphatic heterocycles. The Morgan fingerprint density at radius 3 is 2.57 bits per heavy atom. The van der Waals surface area contributed by atoms with Crippen LogP contribution in [-0.4, -0.2) is 29.7 Å². The molecular formula is C11H19NO2. The average molecular weight is 197 g/mol. The van der Waals surface area contributed by atoms with E-state index >= 15 is 0 Å². The summed E-state index contributed by atoms with van der Waals surface area (Å²) in [4.78, 5) is 24.8. The van der Waals surface area contributed by atoms with Gasteiger partial charge in [-0.25, -0.2) is 0 Å². The Hall–Kier alpha value is -0.860. The monoisotopic (exact) mass is 197 g/mol. The third-order valence-electron chi connectivity index (χ3n) is 3.14. The second-order valence-corrected chi connectivity index (χ2v) is 4.58. The number of hydrogen-bond donors (Lipinski definition) is 0. The Labute approximate surface area is 85.5 Å². The molecule has 1 heterocycles. The smallest absolute Gasteiger partial charge is 0.223 e. The van der Waals surface area contributed by atoms with Gasteiger partial charge in [0.25, 0.3) is 0 Å². The van der Waals surface area contributed by atoms with Crippen LogP contribution in [0, 0.1) is 5.41 Å². The van der Waals surface area contributed by atoms with E-state index in [9.17, 15) is 9.59 Å². The first-order valence-electron chi connectivity index (χ1n) is 5.28. The molecule has 1 fully saturated rings. The number of rotatable bonds is 4. The quantitative estimate of drug-likeness (QED) is 0.686. The lowest BCUT2D eigenvalue weighted by molar-refractivity contribution is -0.135. The van der Waals surface area contributed by atoms with Gasteiger partial charge in [0.15, 0.2) is 5.78 Å². The van der Waals surface area contributed by atoms with Gasteiger partial charge in [-0.2, -0.15) is 0 Å². The summed E-state index contributed by atoms with van der Waals surface area (Å²) < 4.78 is 0. The topological polar surface area (TPSA) is 37.4 Å². The van der Waals surface area contributed by atoms with Gasteiger partial charge in [-0.05, 0) is 12.8 Å². The third kappa shape index (κ3) is 2.34. The molecule has 1 rings (SSSR count). The second-order valence-electron chi connectivity index (χ2n) is 4.58. The zero-order valence-electron chi connectivity index (χ0n) is 9.30. The molecule has 0 unspecified atom stereocenters. The van der Waals surface area contributed by atoms with Gasteiger partial charge in [0.05, 0.1) is 6.54 Å². The molecule has 0 bridgehead atoms. The van der Waals surface area contributed by atoms with E-state index in [2.05, 4.69) is 0 Å². The SMILES string of the molecule is CCC(C)(C)C(=O)CN1CCCC1=O. The first-order chi connectivity index (χ1) is 6.47. The van der Waals surface area contributed by atoms with Gasteiger partial charge < -0.3 is 4.90 Å². The van der Waals surface area contributed by atoms with Crippen LogP contribution in [0.15, 0.2) is 0 Å². The number of likely N-dealkylation sites (tertiary alicyclic amines) is 1. The van der Waals surface area contributed by atoms with Crippen LogP contribution in [0.4, 0.5) is 0 Å². The highest BCUT2D eigenvalue weighted by molar-refractivity contribution is 5.90. The van der Waals surface area contributed by atoms with Crippen LogP contribution >= 0.6 is 0 Å². The van der Waals surface area contributed by atoms with Crippen molar-refractivity contribution >= 4 is 11.7 Å². The number of carbonyl (C=O) groups excluding carboxylic acids is 2. The first kappa shape index (κ1) is 11.2. The third-order valence-corrected chi connectivity index (χ3v) is 3.14. The summed E-state index contributed by atoms with van der Waals surface area (Å²) >= 11 is 0. The highest BCUT2D eigenvalue weighted by Crippen LogP contribution is 2.22. The van der Waals surface area contributed by atoms with Crippen molar-refractivity contribution in [2.75, 3.05) is 13.1 Å². The molecule has 80 valence electrons. The van der Waals surface area contributed by atoms with E-state index in [4.69, 9.17) is 0 Å². The summed E-state index contributed by atoms with van der Waals surface area (Å²) in [5, 5.41) is 0. The maximum Gasteiger partial charge on any atom is 0.223 e. The standard InChI is InChI=1S/C11H19NO2/c1-4-11(2,3)9(13)8-12-7-5-6-10(12)14/h4-8H2,1-3H3. The number of amides is 1. The number of ketones is 1. The molecule has 14 heavy (non-hydrogen) atoms. The number of Topliss-reactive ketones (excluding diaryl/α,β-unsaturated/α-hetero) is 1. The van der Waals surface area contributed by atoms with E-state index in [0.717, 1.165) is 19.4 Å². The van der Waals surface area contributed by atoms with Crippen LogP contribution in [0.5, 0.6) is 0 Å². The van der Waals surface area contributed by atoms with Gasteiger partial charge in [0, 0.05) is 18.4 Å². The molecule has 0 N–H and O–H groups in total. The van der Waals surface area contributed by atoms with E-state index in [1.807, 2.05) is 20.8 Å². The molecule has 0 spiro atoms. The van der Waals surface area contributed by atoms with Crippen molar-refractivity contribution in [3.05, 3.63) is 0 Å². The van der Waals surface area contributed by atoms with Gasteiger partial charge in [-0.1, -0.05) is 20.8 Å². The highest BCUT2D eigenvalue weighted by atomic mass is 16.2. The Bertz CT molecular complexity index is 246. The van der Waals surface area contributed by atoms with E-state index < -0.39 is 0 Å². The molecule has 0 aromatic rings. The first-order valence-corrected chi connectivity index (χ1v) is 5.28. The van der Waals surface area contributed by atoms with E-state index in [1.165, 1.54) is 0 Å². The van der Waals surface area contributed by atoms with Gasteiger partial charge >= 0.3 is 0 Å². The molecule has 0 radical (unpaired) electrons. The van der Waals surface area contributed by atoms with Crippen molar-refractivity contribution in [2.45, 2.75) is 40.0 Å². The summed E-state index contributed by atoms with van der Waals surface area (Å²) in [6.45, 7) is 6.94. The second kappa shape index (κ2) is 4.11. The van der Waals surface area contributed by atoms with Crippen LogP contribution in [-0.2, 0) is 9.59 Å². The lowest BCUT2D eigenvalue weighted by Crippen LogP contribution is -2.37. The lowest BCUT2D eigenvalue weighted by atomic mass is 9.85. The molecule has 0 aromatic carbocycles. The van der Waals surface area contributed by atoms with Crippen molar-refractivity contribution in [2.24, 2.45) is 5.41 Å². The Morgan fingerprint density at radius 2 is 2.14 bits per heavy atom. The average Bonchev–Trinajstić information content (AvgIpc) is 2.52. The summed E-state index contributed by atoms with van der Waals surface area (Å²) in [7, 11) is 0. The van der Waals surface area contributed by atoms with E-state index in [0.29, 0.717) is 13.0 Å². The summed E-state index contributed by atoms with van der Waals surface area (Å²) in [5.74, 6) is 0.306. The van der Waals surface area contributed by atoms with Gasteiger partial charge in [-0.3, -0.25) is 9.59 Å². The molecule has 0 saturated carbocycles. The molecular weight excluding hydrogens is 178 g/mol. The van der Waals surface area contributed by atoms with Gasteiger partial charge in [-0.15, -0.1) is 0 Å². The van der Waals surface area contributed by atoms with Crippen LogP contribution in [0.1, 0.15) is 40.0 Å². The van der Waals surface area contributed by atoms with Crippen LogP contribution in [0.25, 0.3) is 0 Å². The normalized spacial score (nSPS) is 17.6. The van der Waals surface area contributed by atoms with Gasteiger partial charge in [0.1, 0.15) is 0 Å². The highest BCUT2D eigenvalue weighted by Gasteiger charge is 2.29. The molecule has 1 aliphatic rings. The number of hydrogen-bond acceptors (Lipinski definition) is 2. The van der Waals surface area contributed by atoms with Crippen molar-refractivity contribution in [1.29, 1.82) is 0 Å². The Morgan fingerprint density at radius 1 is 1.50 bits per heavy atom. The van der Waals surface area contributed by atoms with Crippen LogP contribution in [0.2, 0.25) is 0 Å². The molecule has 1 saturated heterocycles. The molecule has 0 aromatic heterocycles. The van der Waals surface area contributed by atoms with Crippen molar-refractivity contribution in [3.63, 3.8) is 0 Å². The summed E-state index contributed by atoms with van der Waals surface area (Å²) in [5.41, 5.74) is -0.289. The molecule has 0 aliphatic carbocycles. The maximum atomic E-state index is 11.8. The Balaban J connectivity index is 2.52. The molecule has 3 nitrogen and oxygen atoms in total.